The van der Waals surface area contributed by atoms with Gasteiger partial charge in [0.1, 0.15) is 5.69 Å². The maximum atomic E-state index is 12.6. The fourth-order valence-corrected chi connectivity index (χ4v) is 2.85. The Kier molecular flexibility index (Phi) is 4.07. The predicted molar refractivity (Wildman–Crippen MR) is 103 cm³/mol. The van der Waals surface area contributed by atoms with Gasteiger partial charge in [-0.15, -0.1) is 11.7 Å². The smallest absolute Gasteiger partial charge is 0.279 e. The number of para-hydroxylation sites is 3. The number of hydrogen-bond donors (Lipinski definition) is 0. The number of amides is 1. The number of carbonyl (C=O) groups excluding carboxylic acids is 1. The minimum absolute atomic E-state index is 0.187. The highest BCUT2D eigenvalue weighted by Crippen LogP contribution is 2.28. The average molecular weight is 341 g/mol. The minimum atomic E-state index is -0.187. The van der Waals surface area contributed by atoms with E-state index in [0.717, 1.165) is 22.3 Å². The molecule has 0 aliphatic carbocycles. The Morgan fingerprint density at radius 1 is 1.08 bits per heavy atom. The van der Waals surface area contributed by atoms with E-state index in [2.05, 4.69) is 26.7 Å². The Hall–Kier alpha value is -3.67. The molecule has 1 amide bonds. The van der Waals surface area contributed by atoms with Gasteiger partial charge in [0.2, 0.25) is 0 Å². The van der Waals surface area contributed by atoms with E-state index in [1.54, 1.807) is 17.2 Å². The molecule has 0 spiro atoms. The van der Waals surface area contributed by atoms with Crippen molar-refractivity contribution in [3.05, 3.63) is 78.6 Å². The summed E-state index contributed by atoms with van der Waals surface area (Å²) in [6.45, 7) is 4.13. The van der Waals surface area contributed by atoms with E-state index in [-0.39, 0.29) is 5.91 Å². The summed E-state index contributed by atoms with van der Waals surface area (Å²) < 4.78 is 0. The summed E-state index contributed by atoms with van der Waals surface area (Å²) >= 11 is 0. The van der Waals surface area contributed by atoms with Crippen molar-refractivity contribution >= 4 is 34.6 Å². The molecular weight excluding hydrogens is 326 g/mol. The highest BCUT2D eigenvalue weighted by atomic mass is 16.2. The van der Waals surface area contributed by atoms with E-state index in [4.69, 9.17) is 0 Å². The lowest BCUT2D eigenvalue weighted by molar-refractivity contribution is -0.112. The average Bonchev–Trinajstić information content (AvgIpc) is 2.94. The molecule has 0 saturated carbocycles. The van der Waals surface area contributed by atoms with E-state index >= 15 is 0 Å². The van der Waals surface area contributed by atoms with Crippen molar-refractivity contribution in [2.45, 2.75) is 0 Å². The lowest BCUT2D eigenvalue weighted by Gasteiger charge is -2.13. The standard InChI is InChI=1S/C20H15N5O/c1-2-11-25-18-10-6-3-7-15(18)19(20(25)26)24-22-13-14-12-21-16-8-4-5-9-17(16)23-14/h2-10,12-13H,1,11H2/b22-13-,24-19+. The SMILES string of the molecule is C=CCN1C(=O)/C(=N/N=C\c2cnc3ccccc3n2)c2ccccc21. The zero-order valence-corrected chi connectivity index (χ0v) is 13.9. The molecule has 0 fully saturated rings. The van der Waals surface area contributed by atoms with E-state index in [9.17, 15) is 4.79 Å². The first-order valence-electron chi connectivity index (χ1n) is 8.13. The molecule has 6 nitrogen and oxygen atoms in total. The van der Waals surface area contributed by atoms with Crippen LogP contribution in [0.5, 0.6) is 0 Å². The molecule has 0 saturated heterocycles. The van der Waals surface area contributed by atoms with Crippen LogP contribution >= 0.6 is 0 Å². The highest BCUT2D eigenvalue weighted by Gasteiger charge is 2.32. The van der Waals surface area contributed by atoms with Gasteiger partial charge in [-0.1, -0.05) is 36.4 Å². The van der Waals surface area contributed by atoms with Crippen LogP contribution in [-0.2, 0) is 4.79 Å². The lowest BCUT2D eigenvalue weighted by Crippen LogP contribution is -2.30. The molecule has 2 aromatic carbocycles. The molecule has 6 heteroatoms. The normalized spacial score (nSPS) is 15.2. The van der Waals surface area contributed by atoms with Gasteiger partial charge in [-0.3, -0.25) is 9.78 Å². The molecule has 126 valence electrons. The van der Waals surface area contributed by atoms with Gasteiger partial charge in [-0.2, -0.15) is 5.10 Å². The third-order valence-electron chi connectivity index (χ3n) is 4.02. The van der Waals surface area contributed by atoms with Gasteiger partial charge in [0.25, 0.3) is 5.91 Å². The molecule has 4 rings (SSSR count). The van der Waals surface area contributed by atoms with Gasteiger partial charge in [-0.25, -0.2) is 4.98 Å². The first kappa shape index (κ1) is 15.8. The third kappa shape index (κ3) is 2.77. The van der Waals surface area contributed by atoms with E-state index in [1.165, 1.54) is 6.21 Å². The van der Waals surface area contributed by atoms with Crippen molar-refractivity contribution in [2.75, 3.05) is 11.4 Å². The van der Waals surface area contributed by atoms with Gasteiger partial charge < -0.3 is 4.90 Å². The Bertz CT molecular complexity index is 1070. The van der Waals surface area contributed by atoms with Crippen LogP contribution in [-0.4, -0.2) is 34.3 Å². The molecule has 0 N–H and O–H groups in total. The monoisotopic (exact) mass is 341 g/mol. The number of nitrogens with zero attached hydrogens (tertiary/aromatic N) is 5. The van der Waals surface area contributed by atoms with Gasteiger partial charge >= 0.3 is 0 Å². The van der Waals surface area contributed by atoms with Gasteiger partial charge in [-0.05, 0) is 18.2 Å². The molecule has 3 aromatic rings. The van der Waals surface area contributed by atoms with Crippen LogP contribution < -0.4 is 4.90 Å². The summed E-state index contributed by atoms with van der Waals surface area (Å²) in [5.41, 5.74) is 4.07. The van der Waals surface area contributed by atoms with Crippen molar-refractivity contribution in [1.82, 2.24) is 9.97 Å². The molecule has 0 radical (unpaired) electrons. The van der Waals surface area contributed by atoms with Crippen LogP contribution in [0.4, 0.5) is 5.69 Å². The Balaban J connectivity index is 1.66. The Morgan fingerprint density at radius 3 is 2.69 bits per heavy atom. The van der Waals surface area contributed by atoms with Crippen molar-refractivity contribution in [3.8, 4) is 0 Å². The zero-order chi connectivity index (χ0) is 17.9. The van der Waals surface area contributed by atoms with Gasteiger partial charge in [0.15, 0.2) is 5.71 Å². The van der Waals surface area contributed by atoms with Crippen LogP contribution in [0.25, 0.3) is 11.0 Å². The first-order chi connectivity index (χ1) is 12.8. The Morgan fingerprint density at radius 2 is 1.85 bits per heavy atom. The molecule has 2 heterocycles. The largest absolute Gasteiger partial charge is 0.302 e. The molecule has 26 heavy (non-hydrogen) atoms. The second-order valence-corrected chi connectivity index (χ2v) is 5.70. The zero-order valence-electron chi connectivity index (χ0n) is 13.9. The predicted octanol–water partition coefficient (Wildman–Crippen LogP) is 2.99. The van der Waals surface area contributed by atoms with Crippen LogP contribution in [0, 0.1) is 0 Å². The third-order valence-corrected chi connectivity index (χ3v) is 4.02. The number of benzene rings is 2. The number of fused-ring (bicyclic) bond motifs is 2. The highest BCUT2D eigenvalue weighted by molar-refractivity contribution is 6.54. The molecule has 1 aliphatic rings. The molecule has 0 atom stereocenters. The summed E-state index contributed by atoms with van der Waals surface area (Å²) in [4.78, 5) is 23.0. The molecule has 1 aliphatic heterocycles. The number of aromatic nitrogens is 2. The number of carbonyl (C=O) groups is 1. The molecule has 0 bridgehead atoms. The fourth-order valence-electron chi connectivity index (χ4n) is 2.85. The minimum Gasteiger partial charge on any atom is -0.302 e. The first-order valence-corrected chi connectivity index (χ1v) is 8.13. The molecular formula is C20H15N5O. The van der Waals surface area contributed by atoms with Crippen molar-refractivity contribution in [2.24, 2.45) is 10.2 Å². The van der Waals surface area contributed by atoms with Crippen molar-refractivity contribution in [3.63, 3.8) is 0 Å². The number of anilines is 1. The van der Waals surface area contributed by atoms with E-state index in [1.807, 2.05) is 48.5 Å². The summed E-state index contributed by atoms with van der Waals surface area (Å²) in [5.74, 6) is -0.187. The maximum absolute atomic E-state index is 12.6. The van der Waals surface area contributed by atoms with Gasteiger partial charge in [0, 0.05) is 12.1 Å². The lowest BCUT2D eigenvalue weighted by atomic mass is 10.1. The second kappa shape index (κ2) is 6.68. The van der Waals surface area contributed by atoms with Crippen molar-refractivity contribution < 1.29 is 4.79 Å². The maximum Gasteiger partial charge on any atom is 0.279 e. The molecule has 0 unspecified atom stereocenters. The van der Waals surface area contributed by atoms with Crippen molar-refractivity contribution in [1.29, 1.82) is 0 Å². The summed E-state index contributed by atoms with van der Waals surface area (Å²) in [5, 5.41) is 8.21. The van der Waals surface area contributed by atoms with Crippen LogP contribution in [0.15, 0.2) is 77.6 Å². The van der Waals surface area contributed by atoms with Crippen LogP contribution in [0.2, 0.25) is 0 Å². The molecule has 1 aromatic heterocycles. The van der Waals surface area contributed by atoms with Crippen LogP contribution in [0.3, 0.4) is 0 Å². The van der Waals surface area contributed by atoms with Crippen LogP contribution in [0.1, 0.15) is 11.3 Å². The van der Waals surface area contributed by atoms with E-state index in [0.29, 0.717) is 18.0 Å². The topological polar surface area (TPSA) is 70.8 Å². The summed E-state index contributed by atoms with van der Waals surface area (Å²) in [7, 11) is 0. The summed E-state index contributed by atoms with van der Waals surface area (Å²) in [6, 6.07) is 15.1. The summed E-state index contributed by atoms with van der Waals surface area (Å²) in [6.07, 6.45) is 4.81. The van der Waals surface area contributed by atoms with Gasteiger partial charge in [0.05, 0.1) is 29.1 Å². The number of rotatable bonds is 4. The Labute approximate surface area is 150 Å². The quantitative estimate of drug-likeness (QED) is 0.416. The fraction of sp³-hybridized carbons (Fsp3) is 0.0500. The second-order valence-electron chi connectivity index (χ2n) is 5.70. The van der Waals surface area contributed by atoms with E-state index < -0.39 is 0 Å². The number of hydrogen-bond acceptors (Lipinski definition) is 5.